The topological polar surface area (TPSA) is 111 Å². The Labute approximate surface area is 292 Å². The van der Waals surface area contributed by atoms with E-state index in [1.54, 1.807) is 0 Å². The Morgan fingerprint density at radius 3 is 0.404 bits per heavy atom. The van der Waals surface area contributed by atoms with Gasteiger partial charge in [-0.1, -0.05) is 0 Å². The lowest BCUT2D eigenvalue weighted by molar-refractivity contribution is -0.325. The second-order valence-electron chi connectivity index (χ2n) is 13.2. The Morgan fingerprint density at radius 2 is 0.340 bits per heavy atom. The highest BCUT2D eigenvalue weighted by molar-refractivity contribution is 7.87. The molecule has 0 radical (unpaired) electrons. The largest absolute Gasteiger partial charge is 0.857 e. The molecule has 0 aliphatic rings. The van der Waals surface area contributed by atoms with Crippen LogP contribution in [0.5, 0.6) is 0 Å². The fourth-order valence-corrected chi connectivity index (χ4v) is 30.2. The van der Waals surface area contributed by atoms with E-state index in [2.05, 4.69) is 225 Å². The lowest BCUT2D eigenvalue weighted by atomic mass is 11.2. The highest BCUT2D eigenvalue weighted by atomic mass is 31.3. The summed E-state index contributed by atoms with van der Waals surface area (Å²) in [5.74, 6) is 0. The van der Waals surface area contributed by atoms with Crippen molar-refractivity contribution in [2.45, 2.75) is 0 Å². The van der Waals surface area contributed by atoms with E-state index in [1.165, 1.54) is 0 Å². The van der Waals surface area contributed by atoms with Gasteiger partial charge in [0.05, 0.1) is 0 Å². The molecule has 286 valence electrons. The molecule has 0 aromatic carbocycles. The Balaban J connectivity index is 0. The van der Waals surface area contributed by atoms with Crippen LogP contribution in [0.2, 0.25) is 0 Å². The third-order valence-electron chi connectivity index (χ3n) is 7.40. The van der Waals surface area contributed by atoms with Crippen molar-refractivity contribution >= 4 is 37.9 Å². The highest BCUT2D eigenvalue weighted by Crippen LogP contribution is 2.86. The second kappa shape index (κ2) is 19.6. The molecule has 0 saturated heterocycles. The van der Waals surface area contributed by atoms with Crippen molar-refractivity contribution in [1.82, 2.24) is 56.0 Å². The first-order chi connectivity index (χ1) is 21.1. The van der Waals surface area contributed by atoms with Crippen LogP contribution in [-0.2, 0) is 0 Å². The van der Waals surface area contributed by atoms with Gasteiger partial charge in [-0.25, -0.2) is 56.0 Å². The molecule has 0 amide bonds. The maximum absolute atomic E-state index is 8.25. The third kappa shape index (κ3) is 10.0. The van der Waals surface area contributed by atoms with Gasteiger partial charge in [0.15, 0.2) is 0 Å². The van der Waals surface area contributed by atoms with Gasteiger partial charge in [0.1, 0.15) is 0 Å². The number of rotatable bonds is 16. The number of nitrogens with zero attached hydrogens (tertiary/aromatic N) is 16. The molecule has 0 saturated carbocycles. The van der Waals surface area contributed by atoms with Crippen molar-refractivity contribution in [2.24, 2.45) is 18.1 Å². The van der Waals surface area contributed by atoms with E-state index in [0.717, 1.165) is 7.11 Å². The zero-order valence-corrected chi connectivity index (χ0v) is 39.3. The lowest BCUT2D eigenvalue weighted by Crippen LogP contribution is -2.33. The first-order valence-corrected chi connectivity index (χ1v) is 23.1. The molecule has 0 rings (SSSR count). The van der Waals surface area contributed by atoms with Crippen LogP contribution in [0, 0.1) is 0 Å². The maximum atomic E-state index is 8.25. The van der Waals surface area contributed by atoms with E-state index >= 15 is 0 Å². The minimum Gasteiger partial charge on any atom is -0.857 e. The quantitative estimate of drug-likeness (QED) is 0.210. The van der Waals surface area contributed by atoms with Crippen LogP contribution in [0.25, 0.3) is 0 Å². The molecule has 0 spiro atoms. The first-order valence-electron chi connectivity index (χ1n) is 15.1. The molecule has 0 heterocycles. The molecule has 0 aliphatic carbocycles. The monoisotopic (exact) mass is 770 g/mol. The third-order valence-corrected chi connectivity index (χ3v) is 28.0. The van der Waals surface area contributed by atoms with Crippen LogP contribution in [0.15, 0.2) is 18.1 Å². The summed E-state index contributed by atoms with van der Waals surface area (Å²) in [4.78, 5) is 0. The standard InChI is InChI=1S/C24H72N16P5.CH3O/c1-29(2)42(30(3)4,31(5)6)25-41(26-43(32(7)8,33(9)10)34(11)12,27-44(35(13)14,36(15)16)37(17)18)28-45(38(19)20,39(21)22)40(23)24;1-2/h1-24H3;1H3/q+1;-1. The summed E-state index contributed by atoms with van der Waals surface area (Å²) >= 11 is 0. The highest BCUT2D eigenvalue weighted by Gasteiger charge is 2.56. The van der Waals surface area contributed by atoms with Crippen molar-refractivity contribution in [3.05, 3.63) is 0 Å². The summed E-state index contributed by atoms with van der Waals surface area (Å²) in [6.45, 7) is 0. The molecule has 0 fully saturated rings. The molecular weight excluding hydrogens is 695 g/mol. The molecule has 0 aliphatic heterocycles. The summed E-state index contributed by atoms with van der Waals surface area (Å²) in [6.07, 6.45) is 0. The molecule has 0 bridgehead atoms. The van der Waals surface area contributed by atoms with Crippen molar-refractivity contribution < 1.29 is 5.11 Å². The summed E-state index contributed by atoms with van der Waals surface area (Å²) in [5, 5.41) is 8.25. The molecule has 0 N–H and O–H groups in total. The van der Waals surface area contributed by atoms with Crippen LogP contribution in [0.3, 0.4) is 0 Å². The summed E-state index contributed by atoms with van der Waals surface area (Å²) in [7, 11) is 37.6. The van der Waals surface area contributed by atoms with Gasteiger partial charge in [-0.2, -0.15) is 7.11 Å². The molecule has 0 unspecified atom stereocenters. The van der Waals surface area contributed by atoms with Gasteiger partial charge in [0, 0.05) is 0 Å². The van der Waals surface area contributed by atoms with Gasteiger partial charge in [-0.15, -0.1) is 0 Å². The average molecular weight is 771 g/mol. The Kier molecular flexibility index (Phi) is 20.8. The van der Waals surface area contributed by atoms with Gasteiger partial charge in [-0.05, 0) is 187 Å². The van der Waals surface area contributed by atoms with Gasteiger partial charge < -0.3 is 5.11 Å². The first kappa shape index (κ1) is 49.9. The van der Waals surface area contributed by atoms with Crippen LogP contribution in [-0.4, -0.2) is 232 Å². The van der Waals surface area contributed by atoms with Crippen LogP contribution >= 0.6 is 37.9 Å². The Bertz CT molecular complexity index is 884. The van der Waals surface area contributed by atoms with Gasteiger partial charge in [0.25, 0.3) is 0 Å². The van der Waals surface area contributed by atoms with Crippen molar-refractivity contribution in [2.75, 3.05) is 176 Å². The Morgan fingerprint density at radius 1 is 0.255 bits per heavy atom. The summed E-state index contributed by atoms with van der Waals surface area (Å²) in [5.41, 5.74) is 0. The molecule has 17 nitrogen and oxygen atoms in total. The zero-order chi connectivity index (χ0) is 38.3. The van der Waals surface area contributed by atoms with Crippen molar-refractivity contribution in [1.29, 1.82) is 0 Å². The smallest absolute Gasteiger partial charge is 0.502 e. The second-order valence-corrected chi connectivity index (χ2v) is 31.0. The van der Waals surface area contributed by atoms with Crippen molar-refractivity contribution in [3.63, 3.8) is 0 Å². The van der Waals surface area contributed by atoms with Gasteiger partial charge in [-0.3, -0.25) is 0 Å². The predicted molar refractivity (Wildman–Crippen MR) is 214 cm³/mol. The molecule has 0 aromatic heterocycles. The van der Waals surface area contributed by atoms with Crippen LogP contribution < -0.4 is 5.11 Å². The van der Waals surface area contributed by atoms with E-state index in [1.807, 2.05) is 0 Å². The van der Waals surface area contributed by atoms with E-state index in [-0.39, 0.29) is 0 Å². The van der Waals surface area contributed by atoms with E-state index in [4.69, 9.17) is 23.2 Å². The van der Waals surface area contributed by atoms with Crippen molar-refractivity contribution in [3.8, 4) is 0 Å². The number of hydrogen-bond acceptors (Lipinski definition) is 5. The van der Waals surface area contributed by atoms with E-state index < -0.39 is 37.9 Å². The Hall–Kier alpha value is 0.830. The molecular formula is C25H75N16OP5. The van der Waals surface area contributed by atoms with Crippen LogP contribution in [0.1, 0.15) is 0 Å². The molecule has 47 heavy (non-hydrogen) atoms. The van der Waals surface area contributed by atoms with E-state index in [0.29, 0.717) is 0 Å². The van der Waals surface area contributed by atoms with E-state index in [9.17, 15) is 0 Å². The summed E-state index contributed by atoms with van der Waals surface area (Å²) < 4.78 is 51.2. The van der Waals surface area contributed by atoms with Crippen LogP contribution in [0.4, 0.5) is 0 Å². The molecule has 0 atom stereocenters. The maximum Gasteiger partial charge on any atom is 0.502 e. The van der Waals surface area contributed by atoms with Gasteiger partial charge in [0.2, 0.25) is 30.0 Å². The minimum atomic E-state index is -3.43. The number of hydrogen-bond donors (Lipinski definition) is 0. The average Bonchev–Trinajstić information content (AvgIpc) is 2.90. The normalized spacial score (nSPS) is 14.3. The molecule has 0 aromatic rings. The minimum absolute atomic E-state index is 0.750. The summed E-state index contributed by atoms with van der Waals surface area (Å²) in [6, 6.07) is 0. The predicted octanol–water partition coefficient (Wildman–Crippen LogP) is 4.16. The SMILES string of the molecule is CN(C)P(=N[P+](N=P(N(C)C)(N(C)C)N(C)C)(N=P(N(C)C)(N(C)C)N(C)C)N=P(N(C)C)(N(C)C)N(C)C)(N(C)C)N(C)C.C[O-]. The fraction of sp³-hybridized carbons (Fsp3) is 1.00. The zero-order valence-electron chi connectivity index (χ0n) is 34.8. The fourth-order valence-electron chi connectivity index (χ4n) is 6.00. The van der Waals surface area contributed by atoms with Gasteiger partial charge >= 0.3 is 7.87 Å². The molecule has 22 heteroatoms. The lowest BCUT2D eigenvalue weighted by Gasteiger charge is -2.44.